The molecule has 7 heteroatoms. The highest BCUT2D eigenvalue weighted by Crippen LogP contribution is 2.23. The molecule has 0 spiro atoms. The molecule has 3 N–H and O–H groups in total. The van der Waals surface area contributed by atoms with Crippen LogP contribution in [0, 0.1) is 0 Å². The second-order valence-corrected chi connectivity index (χ2v) is 7.26. The summed E-state index contributed by atoms with van der Waals surface area (Å²) in [7, 11) is 3.38. The van der Waals surface area contributed by atoms with Crippen LogP contribution in [0.15, 0.2) is 53.5 Å². The lowest BCUT2D eigenvalue weighted by Crippen LogP contribution is -2.44. The van der Waals surface area contributed by atoms with E-state index in [4.69, 9.17) is 4.74 Å². The molecule has 2 aromatic rings. The maximum absolute atomic E-state index is 10.0. The fourth-order valence-electron chi connectivity index (χ4n) is 3.64. The van der Waals surface area contributed by atoms with Crippen molar-refractivity contribution < 1.29 is 9.84 Å². The Morgan fingerprint density at radius 1 is 1.24 bits per heavy atom. The van der Waals surface area contributed by atoms with Gasteiger partial charge in [0, 0.05) is 44.3 Å². The van der Waals surface area contributed by atoms with Crippen molar-refractivity contribution in [2.45, 2.75) is 38.5 Å². The van der Waals surface area contributed by atoms with E-state index in [0.29, 0.717) is 18.6 Å². The number of nitrogens with one attached hydrogen (secondary N) is 2. The van der Waals surface area contributed by atoms with Crippen molar-refractivity contribution in [1.82, 2.24) is 15.5 Å². The monoisotopic (exact) mass is 510 g/mol. The topological polar surface area (TPSA) is 69.1 Å². The lowest BCUT2D eigenvalue weighted by molar-refractivity contribution is 0.258. The van der Waals surface area contributed by atoms with Crippen LogP contribution in [0.3, 0.4) is 0 Å². The molecule has 2 atom stereocenters. The Hall–Kier alpha value is -2.00. The van der Waals surface area contributed by atoms with Crippen LogP contribution < -0.4 is 15.4 Å². The number of likely N-dealkylation sites (tertiary alicyclic amines) is 1. The smallest absolute Gasteiger partial charge is 0.191 e. The predicted molar refractivity (Wildman–Crippen MR) is 128 cm³/mol. The quantitative estimate of drug-likeness (QED) is 0.316. The van der Waals surface area contributed by atoms with Gasteiger partial charge in [-0.05, 0) is 37.1 Å². The summed E-state index contributed by atoms with van der Waals surface area (Å²) in [6, 6.07) is 16.6. The van der Waals surface area contributed by atoms with Gasteiger partial charge in [0.05, 0.1) is 7.11 Å². The lowest BCUT2D eigenvalue weighted by atomic mass is 10.2. The third-order valence-electron chi connectivity index (χ3n) is 5.23. The summed E-state index contributed by atoms with van der Waals surface area (Å²) in [5.74, 6) is 1.70. The first-order valence-corrected chi connectivity index (χ1v) is 9.70. The largest absolute Gasteiger partial charge is 0.508 e. The van der Waals surface area contributed by atoms with E-state index < -0.39 is 0 Å². The molecule has 0 aliphatic carbocycles. The first-order chi connectivity index (χ1) is 13.6. The molecular weight excluding hydrogens is 479 g/mol. The van der Waals surface area contributed by atoms with E-state index >= 15 is 0 Å². The summed E-state index contributed by atoms with van der Waals surface area (Å²) in [6.07, 6.45) is 1.07. The van der Waals surface area contributed by atoms with Gasteiger partial charge in [0.1, 0.15) is 11.5 Å². The van der Waals surface area contributed by atoms with Crippen LogP contribution in [-0.2, 0) is 13.1 Å². The second-order valence-electron chi connectivity index (χ2n) is 7.26. The molecule has 2 unspecified atom stereocenters. The van der Waals surface area contributed by atoms with E-state index in [-0.39, 0.29) is 29.7 Å². The molecule has 3 rings (SSSR count). The SMILES string of the molecule is CN=C(NCc1cc(OC)ccc1O)NC1CC(C)N(Cc2ccccc2)C1.I. The maximum atomic E-state index is 10.0. The molecule has 6 nitrogen and oxygen atoms in total. The van der Waals surface area contributed by atoms with Gasteiger partial charge in [-0.1, -0.05) is 30.3 Å². The average Bonchev–Trinajstić information content (AvgIpc) is 3.05. The van der Waals surface area contributed by atoms with Gasteiger partial charge in [-0.15, -0.1) is 24.0 Å². The Labute approximate surface area is 190 Å². The first-order valence-electron chi connectivity index (χ1n) is 9.70. The number of guanidine groups is 1. The van der Waals surface area contributed by atoms with E-state index in [2.05, 4.69) is 57.8 Å². The highest BCUT2D eigenvalue weighted by atomic mass is 127. The van der Waals surface area contributed by atoms with Gasteiger partial charge >= 0.3 is 0 Å². The van der Waals surface area contributed by atoms with E-state index in [1.807, 2.05) is 6.07 Å². The van der Waals surface area contributed by atoms with Gasteiger partial charge in [-0.3, -0.25) is 9.89 Å². The molecule has 0 amide bonds. The minimum atomic E-state index is 0. The number of methoxy groups -OCH3 is 1. The van der Waals surface area contributed by atoms with Crippen LogP contribution in [0.4, 0.5) is 0 Å². The molecule has 0 bridgehead atoms. The van der Waals surface area contributed by atoms with E-state index in [1.54, 1.807) is 26.3 Å². The summed E-state index contributed by atoms with van der Waals surface area (Å²) >= 11 is 0. The Balaban J connectivity index is 0.00000300. The molecule has 0 saturated carbocycles. The number of nitrogens with zero attached hydrogens (tertiary/aromatic N) is 2. The van der Waals surface area contributed by atoms with Gasteiger partial charge < -0.3 is 20.5 Å². The molecule has 1 saturated heterocycles. The van der Waals surface area contributed by atoms with Crippen molar-refractivity contribution in [2.75, 3.05) is 20.7 Å². The number of hydrogen-bond donors (Lipinski definition) is 3. The first kappa shape index (κ1) is 23.3. The number of rotatable bonds is 6. The van der Waals surface area contributed by atoms with Gasteiger partial charge in [0.15, 0.2) is 5.96 Å². The zero-order valence-electron chi connectivity index (χ0n) is 17.3. The summed E-state index contributed by atoms with van der Waals surface area (Å²) < 4.78 is 5.23. The van der Waals surface area contributed by atoms with Crippen molar-refractivity contribution in [2.24, 2.45) is 4.99 Å². The minimum absolute atomic E-state index is 0. The van der Waals surface area contributed by atoms with E-state index in [9.17, 15) is 5.11 Å². The maximum Gasteiger partial charge on any atom is 0.191 e. The van der Waals surface area contributed by atoms with Crippen LogP contribution >= 0.6 is 24.0 Å². The normalized spacial score (nSPS) is 19.5. The number of ether oxygens (including phenoxy) is 1. The molecular formula is C22H31IN4O2. The number of aliphatic imine (C=N–C) groups is 1. The molecule has 0 aromatic heterocycles. The summed E-state index contributed by atoms with van der Waals surface area (Å²) in [4.78, 5) is 6.83. The zero-order valence-corrected chi connectivity index (χ0v) is 19.6. The molecule has 1 fully saturated rings. The third kappa shape index (κ3) is 6.50. The second kappa shape index (κ2) is 11.3. The van der Waals surface area contributed by atoms with E-state index in [1.165, 1.54) is 5.56 Å². The Morgan fingerprint density at radius 3 is 2.69 bits per heavy atom. The Morgan fingerprint density at radius 2 is 2.00 bits per heavy atom. The molecule has 1 heterocycles. The van der Waals surface area contributed by atoms with Crippen molar-refractivity contribution in [3.05, 3.63) is 59.7 Å². The van der Waals surface area contributed by atoms with Crippen LogP contribution in [0.5, 0.6) is 11.5 Å². The van der Waals surface area contributed by atoms with Crippen LogP contribution in [0.1, 0.15) is 24.5 Å². The number of phenolic OH excluding ortho intramolecular Hbond substituents is 1. The molecule has 1 aliphatic rings. The number of halogens is 1. The van der Waals surface area contributed by atoms with Crippen LogP contribution in [0.25, 0.3) is 0 Å². The predicted octanol–water partition coefficient (Wildman–Crippen LogP) is 3.35. The zero-order chi connectivity index (χ0) is 19.9. The van der Waals surface area contributed by atoms with Gasteiger partial charge in [-0.2, -0.15) is 0 Å². The fourth-order valence-corrected chi connectivity index (χ4v) is 3.64. The Bertz CT molecular complexity index is 801. The average molecular weight is 510 g/mol. The van der Waals surface area contributed by atoms with Crippen molar-refractivity contribution in [3.8, 4) is 11.5 Å². The van der Waals surface area contributed by atoms with Gasteiger partial charge in [0.2, 0.25) is 0 Å². The molecule has 29 heavy (non-hydrogen) atoms. The van der Waals surface area contributed by atoms with Gasteiger partial charge in [0.25, 0.3) is 0 Å². The third-order valence-corrected chi connectivity index (χ3v) is 5.23. The van der Waals surface area contributed by atoms with Crippen LogP contribution in [-0.4, -0.2) is 48.8 Å². The van der Waals surface area contributed by atoms with Crippen molar-refractivity contribution in [1.29, 1.82) is 0 Å². The summed E-state index contributed by atoms with van der Waals surface area (Å²) in [6.45, 7) is 4.68. The molecule has 0 radical (unpaired) electrons. The molecule has 2 aromatic carbocycles. The number of hydrogen-bond acceptors (Lipinski definition) is 4. The highest BCUT2D eigenvalue weighted by molar-refractivity contribution is 14.0. The van der Waals surface area contributed by atoms with Crippen molar-refractivity contribution in [3.63, 3.8) is 0 Å². The van der Waals surface area contributed by atoms with Crippen LogP contribution in [0.2, 0.25) is 0 Å². The van der Waals surface area contributed by atoms with Gasteiger partial charge in [-0.25, -0.2) is 0 Å². The fraction of sp³-hybridized carbons (Fsp3) is 0.409. The van der Waals surface area contributed by atoms with E-state index in [0.717, 1.165) is 36.8 Å². The summed E-state index contributed by atoms with van der Waals surface area (Å²) in [5, 5.41) is 16.9. The van der Waals surface area contributed by atoms with Crippen molar-refractivity contribution >= 4 is 29.9 Å². The minimum Gasteiger partial charge on any atom is -0.508 e. The molecule has 1 aliphatic heterocycles. The number of benzene rings is 2. The number of phenols is 1. The highest BCUT2D eigenvalue weighted by Gasteiger charge is 2.29. The summed E-state index contributed by atoms with van der Waals surface area (Å²) in [5.41, 5.74) is 2.11. The lowest BCUT2D eigenvalue weighted by Gasteiger charge is -2.21. The standard InChI is InChI=1S/C22H30N4O2.HI/c1-16-11-19(15-26(16)14-17-7-5-4-6-8-17)25-22(23-2)24-13-18-12-20(28-3)9-10-21(18)27;/h4-10,12,16,19,27H,11,13-15H2,1-3H3,(H2,23,24,25);1H. The Kier molecular flexibility index (Phi) is 9.03. The molecule has 158 valence electrons. The number of aromatic hydroxyl groups is 1.